The van der Waals surface area contributed by atoms with E-state index in [9.17, 15) is 0 Å². The third-order valence-corrected chi connectivity index (χ3v) is 5.24. The van der Waals surface area contributed by atoms with Gasteiger partial charge in [-0.25, -0.2) is 0 Å². The summed E-state index contributed by atoms with van der Waals surface area (Å²) in [6.45, 7) is 11.2. The van der Waals surface area contributed by atoms with Gasteiger partial charge in [0, 0.05) is 51.5 Å². The normalized spacial score (nSPS) is 17.8. The average Bonchev–Trinajstić information content (AvgIpc) is 2.60. The maximum atomic E-state index is 6.14. The summed E-state index contributed by atoms with van der Waals surface area (Å²) in [5.74, 6) is 0.672. The lowest BCUT2D eigenvalue weighted by molar-refractivity contribution is -0.0163. The molecular weight excluding hydrogens is 298 g/mol. The SMILES string of the molecule is CC(C)CN(CCN(C)C1(CN)CCOCC1)Cc1ccccc1. The van der Waals surface area contributed by atoms with E-state index in [1.165, 1.54) is 5.56 Å². The van der Waals surface area contributed by atoms with Crippen LogP contribution in [0.1, 0.15) is 32.3 Å². The Labute approximate surface area is 148 Å². The van der Waals surface area contributed by atoms with Gasteiger partial charge in [0.15, 0.2) is 0 Å². The number of hydrogen-bond donors (Lipinski definition) is 1. The second-order valence-electron chi connectivity index (χ2n) is 7.58. The first-order chi connectivity index (χ1) is 11.6. The zero-order chi connectivity index (χ0) is 17.4. The summed E-state index contributed by atoms with van der Waals surface area (Å²) in [4.78, 5) is 5.05. The number of hydrogen-bond acceptors (Lipinski definition) is 4. The molecule has 0 spiro atoms. The van der Waals surface area contributed by atoms with E-state index in [0.29, 0.717) is 5.92 Å². The fourth-order valence-electron chi connectivity index (χ4n) is 3.61. The van der Waals surface area contributed by atoms with Crippen molar-refractivity contribution in [2.75, 3.05) is 46.4 Å². The first kappa shape index (κ1) is 19.4. The first-order valence-electron chi connectivity index (χ1n) is 9.31. The lowest BCUT2D eigenvalue weighted by Gasteiger charge is -2.44. The van der Waals surface area contributed by atoms with Gasteiger partial charge in [-0.1, -0.05) is 44.2 Å². The predicted octanol–water partition coefficient (Wildman–Crippen LogP) is 2.58. The molecule has 2 rings (SSSR count). The molecule has 0 unspecified atom stereocenters. The van der Waals surface area contributed by atoms with Gasteiger partial charge in [0.05, 0.1) is 0 Å². The Morgan fingerprint density at radius 1 is 1.12 bits per heavy atom. The zero-order valence-electron chi connectivity index (χ0n) is 15.7. The van der Waals surface area contributed by atoms with Crippen molar-refractivity contribution in [2.45, 2.75) is 38.8 Å². The molecule has 4 nitrogen and oxygen atoms in total. The summed E-state index contributed by atoms with van der Waals surface area (Å²) >= 11 is 0. The van der Waals surface area contributed by atoms with Crippen molar-refractivity contribution in [1.82, 2.24) is 9.80 Å². The fraction of sp³-hybridized carbons (Fsp3) is 0.700. The standard InChI is InChI=1S/C20H35N3O/c1-18(2)15-23(16-19-7-5-4-6-8-19)12-11-22(3)20(17-21)9-13-24-14-10-20/h4-8,18H,9-17,21H2,1-3H3. The third-order valence-electron chi connectivity index (χ3n) is 5.24. The van der Waals surface area contributed by atoms with Gasteiger partial charge in [0.1, 0.15) is 0 Å². The molecule has 2 N–H and O–H groups in total. The smallest absolute Gasteiger partial charge is 0.0484 e. The molecule has 0 saturated carbocycles. The van der Waals surface area contributed by atoms with E-state index < -0.39 is 0 Å². The van der Waals surface area contributed by atoms with Crippen LogP contribution in [0.4, 0.5) is 0 Å². The summed E-state index contributed by atoms with van der Waals surface area (Å²) in [5.41, 5.74) is 7.65. The number of nitrogens with zero attached hydrogens (tertiary/aromatic N) is 2. The fourth-order valence-corrected chi connectivity index (χ4v) is 3.61. The van der Waals surface area contributed by atoms with Gasteiger partial charge in [0.25, 0.3) is 0 Å². The van der Waals surface area contributed by atoms with E-state index in [0.717, 1.165) is 58.8 Å². The van der Waals surface area contributed by atoms with Crippen LogP contribution >= 0.6 is 0 Å². The highest BCUT2D eigenvalue weighted by Gasteiger charge is 2.35. The molecule has 1 heterocycles. The Hall–Kier alpha value is -0.940. The highest BCUT2D eigenvalue weighted by atomic mass is 16.5. The average molecular weight is 334 g/mol. The minimum Gasteiger partial charge on any atom is -0.381 e. The number of rotatable bonds is 9. The molecule has 1 aromatic carbocycles. The molecule has 24 heavy (non-hydrogen) atoms. The molecule has 0 bridgehead atoms. The number of nitrogens with two attached hydrogens (primary N) is 1. The van der Waals surface area contributed by atoms with Gasteiger partial charge in [-0.3, -0.25) is 9.80 Å². The molecule has 4 heteroatoms. The Bertz CT molecular complexity index is 457. The summed E-state index contributed by atoms with van der Waals surface area (Å²) in [6, 6.07) is 10.8. The van der Waals surface area contributed by atoms with E-state index in [4.69, 9.17) is 10.5 Å². The third kappa shape index (κ3) is 5.55. The van der Waals surface area contributed by atoms with Crippen molar-refractivity contribution in [3.8, 4) is 0 Å². The minimum absolute atomic E-state index is 0.120. The highest BCUT2D eigenvalue weighted by Crippen LogP contribution is 2.25. The number of ether oxygens (including phenoxy) is 1. The van der Waals surface area contributed by atoms with Crippen LogP contribution < -0.4 is 5.73 Å². The molecule has 0 aromatic heterocycles. The molecule has 0 atom stereocenters. The van der Waals surface area contributed by atoms with Crippen LogP contribution in [0, 0.1) is 5.92 Å². The molecule has 0 aliphatic carbocycles. The van der Waals surface area contributed by atoms with Crippen LogP contribution in [0.3, 0.4) is 0 Å². The van der Waals surface area contributed by atoms with Crippen LogP contribution in [0.5, 0.6) is 0 Å². The van der Waals surface area contributed by atoms with E-state index in [1.807, 2.05) is 0 Å². The summed E-state index contributed by atoms with van der Waals surface area (Å²) < 4.78 is 5.54. The van der Waals surface area contributed by atoms with Crippen LogP contribution in [-0.2, 0) is 11.3 Å². The Balaban J connectivity index is 1.93. The monoisotopic (exact) mass is 333 g/mol. The maximum absolute atomic E-state index is 6.14. The largest absolute Gasteiger partial charge is 0.381 e. The molecule has 1 aliphatic rings. The molecule has 1 aromatic rings. The van der Waals surface area contributed by atoms with Crippen molar-refractivity contribution >= 4 is 0 Å². The van der Waals surface area contributed by atoms with Gasteiger partial charge in [0.2, 0.25) is 0 Å². The van der Waals surface area contributed by atoms with E-state index in [1.54, 1.807) is 0 Å². The molecular formula is C20H35N3O. The van der Waals surface area contributed by atoms with Crippen molar-refractivity contribution in [1.29, 1.82) is 0 Å². The summed E-state index contributed by atoms with van der Waals surface area (Å²) in [6.07, 6.45) is 2.09. The second-order valence-corrected chi connectivity index (χ2v) is 7.58. The molecule has 0 amide bonds. The van der Waals surface area contributed by atoms with Gasteiger partial charge in [-0.05, 0) is 31.4 Å². The quantitative estimate of drug-likeness (QED) is 0.754. The molecule has 1 saturated heterocycles. The lowest BCUT2D eigenvalue weighted by Crippen LogP contribution is -2.56. The molecule has 1 fully saturated rings. The number of likely N-dealkylation sites (N-methyl/N-ethyl adjacent to an activating group) is 1. The first-order valence-corrected chi connectivity index (χ1v) is 9.31. The van der Waals surface area contributed by atoms with Gasteiger partial charge in [-0.15, -0.1) is 0 Å². The molecule has 1 aliphatic heterocycles. The van der Waals surface area contributed by atoms with Crippen LogP contribution in [0.15, 0.2) is 30.3 Å². The second kappa shape index (κ2) is 9.52. The highest BCUT2D eigenvalue weighted by molar-refractivity contribution is 5.14. The number of benzene rings is 1. The van der Waals surface area contributed by atoms with Gasteiger partial charge >= 0.3 is 0 Å². The molecule has 0 radical (unpaired) electrons. The minimum atomic E-state index is 0.120. The Morgan fingerprint density at radius 3 is 2.38 bits per heavy atom. The topological polar surface area (TPSA) is 41.7 Å². The van der Waals surface area contributed by atoms with Crippen molar-refractivity contribution in [2.24, 2.45) is 11.7 Å². The Kier molecular flexibility index (Phi) is 7.69. The van der Waals surface area contributed by atoms with Crippen molar-refractivity contribution < 1.29 is 4.74 Å². The van der Waals surface area contributed by atoms with Crippen molar-refractivity contribution in [3.63, 3.8) is 0 Å². The Morgan fingerprint density at radius 2 is 1.79 bits per heavy atom. The zero-order valence-corrected chi connectivity index (χ0v) is 15.7. The lowest BCUT2D eigenvalue weighted by atomic mass is 9.88. The van der Waals surface area contributed by atoms with Gasteiger partial charge in [-0.2, -0.15) is 0 Å². The summed E-state index contributed by atoms with van der Waals surface area (Å²) in [7, 11) is 2.23. The van der Waals surface area contributed by atoms with E-state index >= 15 is 0 Å². The van der Waals surface area contributed by atoms with Crippen molar-refractivity contribution in [3.05, 3.63) is 35.9 Å². The predicted molar refractivity (Wildman–Crippen MR) is 101 cm³/mol. The summed E-state index contributed by atoms with van der Waals surface area (Å²) in [5, 5.41) is 0. The maximum Gasteiger partial charge on any atom is 0.0484 e. The van der Waals surface area contributed by atoms with E-state index in [2.05, 4.69) is 61.0 Å². The molecule has 136 valence electrons. The van der Waals surface area contributed by atoms with Crippen LogP contribution in [0.2, 0.25) is 0 Å². The van der Waals surface area contributed by atoms with Gasteiger partial charge < -0.3 is 10.5 Å². The van der Waals surface area contributed by atoms with Crippen LogP contribution in [0.25, 0.3) is 0 Å². The van der Waals surface area contributed by atoms with Crippen LogP contribution in [-0.4, -0.2) is 61.8 Å². The van der Waals surface area contributed by atoms with E-state index in [-0.39, 0.29) is 5.54 Å².